The Bertz CT molecular complexity index is 1080. The van der Waals surface area contributed by atoms with Crippen molar-refractivity contribution in [3.63, 3.8) is 0 Å². The van der Waals surface area contributed by atoms with Gasteiger partial charge in [0.25, 0.3) is 0 Å². The number of piperidine rings is 1. The minimum atomic E-state index is -3.87. The summed E-state index contributed by atoms with van der Waals surface area (Å²) in [6, 6.07) is 11.6. The lowest BCUT2D eigenvalue weighted by molar-refractivity contribution is -0.0179. The number of hydrogen-bond donors (Lipinski definition) is 2. The third-order valence-corrected chi connectivity index (χ3v) is 7.49. The second-order valence-electron chi connectivity index (χ2n) is 8.40. The Hall–Kier alpha value is -2.42. The highest BCUT2D eigenvalue weighted by Crippen LogP contribution is 2.44. The number of sulfonamides is 1. The van der Waals surface area contributed by atoms with Gasteiger partial charge in [-0.3, -0.25) is 4.79 Å². The van der Waals surface area contributed by atoms with Gasteiger partial charge in [0.1, 0.15) is 11.4 Å². The molecule has 3 N–H and O–H groups in total. The number of nitrogens with two attached hydrogens (primary N) is 1. The number of nitrogens with one attached hydrogen (secondary N) is 1. The van der Waals surface area contributed by atoms with Gasteiger partial charge < -0.3 is 15.4 Å². The number of primary amides is 1. The Morgan fingerprint density at radius 2 is 1.90 bits per heavy atom. The summed E-state index contributed by atoms with van der Waals surface area (Å²) in [4.78, 5) is 13.9. The minimum absolute atomic E-state index is 0.0395. The van der Waals surface area contributed by atoms with E-state index in [2.05, 4.69) is 16.7 Å². The molecule has 2 aliphatic heterocycles. The van der Waals surface area contributed by atoms with E-state index in [1.165, 1.54) is 6.07 Å². The molecule has 1 saturated heterocycles. The third kappa shape index (κ3) is 4.08. The zero-order chi connectivity index (χ0) is 21.5. The Kier molecular flexibility index (Phi) is 5.34. The first-order chi connectivity index (χ1) is 14.2. The molecule has 2 aromatic rings. The van der Waals surface area contributed by atoms with E-state index in [0.29, 0.717) is 12.0 Å². The molecule has 1 atom stereocenters. The molecule has 0 saturated carbocycles. The lowest BCUT2D eigenvalue weighted by atomic mass is 9.81. The Morgan fingerprint density at radius 1 is 1.20 bits per heavy atom. The largest absolute Gasteiger partial charge is 0.487 e. The summed E-state index contributed by atoms with van der Waals surface area (Å²) in [7, 11) is -1.79. The average molecular weight is 430 g/mol. The molecule has 0 bridgehead atoms. The van der Waals surface area contributed by atoms with Crippen molar-refractivity contribution in [2.75, 3.05) is 20.1 Å². The number of carbonyl (C=O) groups is 1. The molecule has 30 heavy (non-hydrogen) atoms. The lowest BCUT2D eigenvalue weighted by Crippen LogP contribution is -2.51. The van der Waals surface area contributed by atoms with E-state index >= 15 is 0 Å². The van der Waals surface area contributed by atoms with Crippen molar-refractivity contribution < 1.29 is 17.9 Å². The SMILES string of the molecule is Cc1cc(C(N)=O)cc(S(=O)(=O)NC2CC3(CCN(C)CC3)Oc3ccccc32)c1. The first kappa shape index (κ1) is 20.8. The van der Waals surface area contributed by atoms with Crippen molar-refractivity contribution >= 4 is 15.9 Å². The van der Waals surface area contributed by atoms with E-state index in [-0.39, 0.29) is 16.1 Å². The molecule has 2 aromatic carbocycles. The number of nitrogens with zero attached hydrogens (tertiary/aromatic N) is 1. The van der Waals surface area contributed by atoms with E-state index < -0.39 is 22.0 Å². The number of para-hydroxylation sites is 1. The molecule has 1 unspecified atom stereocenters. The van der Waals surface area contributed by atoms with E-state index in [1.54, 1.807) is 19.1 Å². The summed E-state index contributed by atoms with van der Waals surface area (Å²) in [5.74, 6) is 0.0694. The molecule has 0 aliphatic carbocycles. The van der Waals surface area contributed by atoms with Crippen LogP contribution < -0.4 is 15.2 Å². The summed E-state index contributed by atoms with van der Waals surface area (Å²) in [6.07, 6.45) is 2.24. The number of benzene rings is 2. The fourth-order valence-corrected chi connectivity index (χ4v) is 5.70. The van der Waals surface area contributed by atoms with Gasteiger partial charge in [-0.05, 0) is 56.6 Å². The maximum atomic E-state index is 13.2. The number of rotatable bonds is 4. The van der Waals surface area contributed by atoms with Gasteiger partial charge in [-0.1, -0.05) is 18.2 Å². The van der Waals surface area contributed by atoms with Gasteiger partial charge in [0.05, 0.1) is 10.9 Å². The van der Waals surface area contributed by atoms with Crippen LogP contribution in [0.2, 0.25) is 0 Å². The molecule has 2 heterocycles. The molecule has 160 valence electrons. The number of hydrogen-bond acceptors (Lipinski definition) is 5. The van der Waals surface area contributed by atoms with Crippen molar-refractivity contribution in [1.82, 2.24) is 9.62 Å². The topological polar surface area (TPSA) is 102 Å². The lowest BCUT2D eigenvalue weighted by Gasteiger charge is -2.46. The predicted octanol–water partition coefficient (Wildman–Crippen LogP) is 2.36. The molecule has 0 radical (unpaired) electrons. The summed E-state index contributed by atoms with van der Waals surface area (Å²) in [5, 5.41) is 0. The van der Waals surface area contributed by atoms with Crippen molar-refractivity contribution in [3.05, 3.63) is 59.2 Å². The highest BCUT2D eigenvalue weighted by molar-refractivity contribution is 7.89. The van der Waals surface area contributed by atoms with Crippen LogP contribution in [0.25, 0.3) is 0 Å². The molecule has 8 heteroatoms. The van der Waals surface area contributed by atoms with Crippen LogP contribution in [0, 0.1) is 6.92 Å². The Morgan fingerprint density at radius 3 is 2.60 bits per heavy atom. The molecular weight excluding hydrogens is 402 g/mol. The number of carbonyl (C=O) groups excluding carboxylic acids is 1. The van der Waals surface area contributed by atoms with Crippen molar-refractivity contribution in [2.24, 2.45) is 5.73 Å². The highest BCUT2D eigenvalue weighted by atomic mass is 32.2. The molecule has 4 rings (SSSR count). The van der Waals surface area contributed by atoms with E-state index in [0.717, 1.165) is 37.2 Å². The number of ether oxygens (including phenoxy) is 1. The maximum Gasteiger partial charge on any atom is 0.248 e. The quantitative estimate of drug-likeness (QED) is 0.777. The van der Waals surface area contributed by atoms with Crippen LogP contribution in [0.5, 0.6) is 5.75 Å². The smallest absolute Gasteiger partial charge is 0.248 e. The molecular formula is C22H27N3O4S. The number of fused-ring (bicyclic) bond motifs is 1. The number of likely N-dealkylation sites (tertiary alicyclic amines) is 1. The van der Waals surface area contributed by atoms with Crippen LogP contribution >= 0.6 is 0 Å². The third-order valence-electron chi connectivity index (χ3n) is 6.04. The normalized spacial score (nSPS) is 21.1. The minimum Gasteiger partial charge on any atom is -0.487 e. The zero-order valence-corrected chi connectivity index (χ0v) is 18.0. The second-order valence-corrected chi connectivity index (χ2v) is 10.1. The van der Waals surface area contributed by atoms with Crippen LogP contribution in [0.15, 0.2) is 47.4 Å². The standard InChI is InChI=1S/C22H27N3O4S/c1-15-11-16(21(23)26)13-17(12-15)30(27,28)24-19-14-22(7-9-25(2)10-8-22)29-20-6-4-3-5-18(19)20/h3-6,11-13,19,24H,7-10,14H2,1-2H3,(H2,23,26). The van der Waals surface area contributed by atoms with Crippen LogP contribution in [0.4, 0.5) is 0 Å². The Labute approximate surface area is 177 Å². The fourth-order valence-electron chi connectivity index (χ4n) is 4.36. The summed E-state index contributed by atoms with van der Waals surface area (Å²) >= 11 is 0. The van der Waals surface area contributed by atoms with Crippen molar-refractivity contribution in [2.45, 2.75) is 42.7 Å². The van der Waals surface area contributed by atoms with Crippen LogP contribution in [-0.4, -0.2) is 45.0 Å². The number of aryl methyl sites for hydroxylation is 1. The fraction of sp³-hybridized carbons (Fsp3) is 0.409. The zero-order valence-electron chi connectivity index (χ0n) is 17.2. The molecule has 2 aliphatic rings. The molecule has 0 aromatic heterocycles. The van der Waals surface area contributed by atoms with Gasteiger partial charge in [-0.15, -0.1) is 0 Å². The van der Waals surface area contributed by atoms with Crippen LogP contribution in [0.3, 0.4) is 0 Å². The monoisotopic (exact) mass is 429 g/mol. The summed E-state index contributed by atoms with van der Waals surface area (Å²) < 4.78 is 35.8. The molecule has 1 fully saturated rings. The van der Waals surface area contributed by atoms with Crippen LogP contribution in [0.1, 0.15) is 46.8 Å². The first-order valence-corrected chi connectivity index (χ1v) is 11.6. The average Bonchev–Trinajstić information content (AvgIpc) is 2.70. The van der Waals surface area contributed by atoms with E-state index in [4.69, 9.17) is 10.5 Å². The van der Waals surface area contributed by atoms with Gasteiger partial charge in [-0.2, -0.15) is 0 Å². The molecule has 1 amide bonds. The maximum absolute atomic E-state index is 13.2. The van der Waals surface area contributed by atoms with E-state index in [1.807, 2.05) is 24.3 Å². The van der Waals surface area contributed by atoms with Gasteiger partial charge in [-0.25, -0.2) is 13.1 Å². The first-order valence-electron chi connectivity index (χ1n) is 10.1. The highest BCUT2D eigenvalue weighted by Gasteiger charge is 2.43. The number of amides is 1. The van der Waals surface area contributed by atoms with E-state index in [9.17, 15) is 13.2 Å². The van der Waals surface area contributed by atoms with Gasteiger partial charge in [0.2, 0.25) is 15.9 Å². The molecule has 1 spiro atoms. The second kappa shape index (κ2) is 7.68. The predicted molar refractivity (Wildman–Crippen MR) is 114 cm³/mol. The van der Waals surface area contributed by atoms with Crippen LogP contribution in [-0.2, 0) is 10.0 Å². The van der Waals surface area contributed by atoms with Gasteiger partial charge in [0.15, 0.2) is 0 Å². The summed E-state index contributed by atoms with van der Waals surface area (Å²) in [6.45, 7) is 3.55. The molecule has 7 nitrogen and oxygen atoms in total. The summed E-state index contributed by atoms with van der Waals surface area (Å²) in [5.41, 5.74) is 6.64. The Balaban J connectivity index is 1.68. The van der Waals surface area contributed by atoms with Gasteiger partial charge >= 0.3 is 0 Å². The van der Waals surface area contributed by atoms with Gasteiger partial charge in [0, 0.05) is 30.6 Å². The van der Waals surface area contributed by atoms with Crippen molar-refractivity contribution in [3.8, 4) is 5.75 Å². The van der Waals surface area contributed by atoms with Crippen molar-refractivity contribution in [1.29, 1.82) is 0 Å².